The van der Waals surface area contributed by atoms with Crippen molar-refractivity contribution in [3.05, 3.63) is 174 Å². The van der Waals surface area contributed by atoms with E-state index in [0.717, 1.165) is 77.2 Å². The molecule has 0 saturated carbocycles. The Kier molecular flexibility index (Phi) is 6.56. The highest BCUT2D eigenvalue weighted by atomic mass is 15.0. The first-order chi connectivity index (χ1) is 24.7. The molecule has 0 bridgehead atoms. The smallest absolute Gasteiger partial charge is 0.195 e. The summed E-state index contributed by atoms with van der Waals surface area (Å²) >= 11 is 0. The van der Waals surface area contributed by atoms with E-state index in [9.17, 15) is 10.5 Å². The van der Waals surface area contributed by atoms with Crippen LogP contribution in [0, 0.1) is 29.2 Å². The lowest BCUT2D eigenvalue weighted by atomic mass is 9.89. The Morgan fingerprint density at radius 1 is 0.480 bits per heavy atom. The normalized spacial score (nSPS) is 11.1. The van der Waals surface area contributed by atoms with Gasteiger partial charge in [0, 0.05) is 27.2 Å². The number of hydrogen-bond donors (Lipinski definition) is 0. The summed E-state index contributed by atoms with van der Waals surface area (Å²) in [5.74, 6) is 0. The first-order valence-electron chi connectivity index (χ1n) is 16.3. The first kappa shape index (κ1) is 28.8. The third-order valence-electron chi connectivity index (χ3n) is 9.63. The third-order valence-corrected chi connectivity index (χ3v) is 9.63. The van der Waals surface area contributed by atoms with Crippen molar-refractivity contribution in [2.45, 2.75) is 0 Å². The van der Waals surface area contributed by atoms with E-state index in [1.54, 1.807) is 0 Å². The summed E-state index contributed by atoms with van der Waals surface area (Å²) in [5.41, 5.74) is 10.8. The molecule has 0 N–H and O–H groups in total. The van der Waals surface area contributed by atoms with Gasteiger partial charge in [0.25, 0.3) is 0 Å². The van der Waals surface area contributed by atoms with Crippen molar-refractivity contribution in [2.24, 2.45) is 0 Å². The Hall–Kier alpha value is -7.39. The summed E-state index contributed by atoms with van der Waals surface area (Å²) in [4.78, 5) is 4.01. The zero-order chi connectivity index (χ0) is 33.8. The lowest BCUT2D eigenvalue weighted by Gasteiger charge is -2.19. The second-order valence-electron chi connectivity index (χ2n) is 12.2. The van der Waals surface area contributed by atoms with Crippen molar-refractivity contribution in [1.29, 1.82) is 10.5 Å². The quantitative estimate of drug-likeness (QED) is 0.181. The van der Waals surface area contributed by atoms with Crippen LogP contribution >= 0.6 is 0 Å². The second-order valence-corrected chi connectivity index (χ2v) is 12.2. The van der Waals surface area contributed by atoms with Crippen molar-refractivity contribution in [3.8, 4) is 45.8 Å². The maximum atomic E-state index is 10.7. The van der Waals surface area contributed by atoms with Gasteiger partial charge in [-0.2, -0.15) is 10.5 Å². The molecule has 9 aromatic rings. The summed E-state index contributed by atoms with van der Waals surface area (Å²) in [5, 5.41) is 24.6. The minimum atomic E-state index is 0.500. The molecule has 0 atom stereocenters. The SMILES string of the molecule is [C-]#[N+]c1cccc(-c2ccc(-n3c4ccccc4c4cc(C#N)ccc43)cc2C#N)c1-c1ccccc1-n1c2ccccc2c2ccccc21. The minimum Gasteiger partial charge on any atom is -0.309 e. The Labute approximate surface area is 288 Å². The van der Waals surface area contributed by atoms with E-state index in [1.165, 1.54) is 0 Å². The van der Waals surface area contributed by atoms with E-state index >= 15 is 0 Å². The molecule has 9 rings (SSSR count). The predicted octanol–water partition coefficient (Wildman–Crippen LogP) is 11.5. The number of hydrogen-bond acceptors (Lipinski definition) is 2. The highest BCUT2D eigenvalue weighted by Crippen LogP contribution is 2.45. The Balaban J connectivity index is 1.28. The van der Waals surface area contributed by atoms with E-state index in [2.05, 4.69) is 98.9 Å². The summed E-state index contributed by atoms with van der Waals surface area (Å²) in [6.45, 7) is 8.24. The van der Waals surface area contributed by atoms with Crippen LogP contribution in [0.5, 0.6) is 0 Å². The molecule has 0 aliphatic carbocycles. The molecule has 2 heterocycles. The van der Waals surface area contributed by atoms with Crippen LogP contribution in [-0.4, -0.2) is 9.13 Å². The average Bonchev–Trinajstić information content (AvgIpc) is 3.70. The van der Waals surface area contributed by atoms with Crippen LogP contribution in [0.3, 0.4) is 0 Å². The molecular weight excluding hydrogens is 611 g/mol. The molecule has 5 heteroatoms. The van der Waals surface area contributed by atoms with E-state index in [-0.39, 0.29) is 0 Å². The van der Waals surface area contributed by atoms with Crippen molar-refractivity contribution in [3.63, 3.8) is 0 Å². The van der Waals surface area contributed by atoms with Gasteiger partial charge in [-0.1, -0.05) is 97.1 Å². The Morgan fingerprint density at radius 2 is 1.08 bits per heavy atom. The fourth-order valence-electron chi connectivity index (χ4n) is 7.52. The molecule has 0 aliphatic heterocycles. The molecule has 2 aromatic heterocycles. The number of nitrogens with zero attached hydrogens (tertiary/aromatic N) is 5. The van der Waals surface area contributed by atoms with Gasteiger partial charge < -0.3 is 9.13 Å². The average molecular weight is 636 g/mol. The van der Waals surface area contributed by atoms with Gasteiger partial charge >= 0.3 is 0 Å². The predicted molar refractivity (Wildman–Crippen MR) is 202 cm³/mol. The van der Waals surface area contributed by atoms with Gasteiger partial charge in [-0.25, -0.2) is 4.85 Å². The van der Waals surface area contributed by atoms with Gasteiger partial charge in [0.1, 0.15) is 0 Å². The fourth-order valence-corrected chi connectivity index (χ4v) is 7.52. The number of nitriles is 2. The Bertz CT molecular complexity index is 2920. The number of benzene rings is 7. The van der Waals surface area contributed by atoms with Gasteiger partial charge in [-0.15, -0.1) is 0 Å². The summed E-state index contributed by atoms with van der Waals surface area (Å²) in [6.07, 6.45) is 0. The monoisotopic (exact) mass is 635 g/mol. The second kappa shape index (κ2) is 11.4. The Morgan fingerprint density at radius 3 is 1.76 bits per heavy atom. The molecule has 0 unspecified atom stereocenters. The molecule has 5 nitrogen and oxygen atoms in total. The molecule has 0 amide bonds. The third kappa shape index (κ3) is 4.24. The standard InChI is InChI=1S/C45H25N5/c1-48-39-16-10-15-36(45(39)37-14-5-9-20-43(37)50-41-18-7-2-11-33(41)34-12-3-8-19-42(34)50)32-23-22-31(26-30(32)28-47)49-40-17-6-4-13-35(40)38-25-29(27-46)21-24-44(38)49/h2-26H. The van der Waals surface area contributed by atoms with Gasteiger partial charge in [0.05, 0.1) is 57.6 Å². The van der Waals surface area contributed by atoms with Crippen LogP contribution in [0.4, 0.5) is 5.69 Å². The minimum absolute atomic E-state index is 0.500. The van der Waals surface area contributed by atoms with Crippen molar-refractivity contribution in [2.75, 3.05) is 0 Å². The van der Waals surface area contributed by atoms with E-state index in [0.29, 0.717) is 16.8 Å². The van der Waals surface area contributed by atoms with Gasteiger partial charge in [-0.3, -0.25) is 0 Å². The molecule has 7 aromatic carbocycles. The van der Waals surface area contributed by atoms with Crippen LogP contribution in [0.15, 0.2) is 152 Å². The van der Waals surface area contributed by atoms with Gasteiger partial charge in [0.15, 0.2) is 5.69 Å². The van der Waals surface area contributed by atoms with Crippen molar-refractivity contribution in [1.82, 2.24) is 9.13 Å². The number of aromatic nitrogens is 2. The molecule has 230 valence electrons. The molecule has 0 radical (unpaired) electrons. The summed E-state index contributed by atoms with van der Waals surface area (Å²) in [6, 6.07) is 55.3. The molecule has 0 spiro atoms. The van der Waals surface area contributed by atoms with Crippen LogP contribution in [-0.2, 0) is 0 Å². The molecule has 50 heavy (non-hydrogen) atoms. The number of fused-ring (bicyclic) bond motifs is 6. The lowest BCUT2D eigenvalue weighted by Crippen LogP contribution is -1.99. The fraction of sp³-hybridized carbons (Fsp3) is 0. The largest absolute Gasteiger partial charge is 0.309 e. The topological polar surface area (TPSA) is 61.8 Å². The summed E-state index contributed by atoms with van der Waals surface area (Å²) in [7, 11) is 0. The molecule has 0 aliphatic rings. The molecular formula is C45H25N5. The lowest BCUT2D eigenvalue weighted by molar-refractivity contribution is 1.18. The van der Waals surface area contributed by atoms with Crippen molar-refractivity contribution < 1.29 is 0 Å². The highest BCUT2D eigenvalue weighted by Gasteiger charge is 2.22. The zero-order valence-corrected chi connectivity index (χ0v) is 26.7. The van der Waals surface area contributed by atoms with Gasteiger partial charge in [-0.05, 0) is 76.9 Å². The summed E-state index contributed by atoms with van der Waals surface area (Å²) < 4.78 is 4.42. The van der Waals surface area contributed by atoms with E-state index in [4.69, 9.17) is 6.57 Å². The van der Waals surface area contributed by atoms with Crippen LogP contribution in [0.2, 0.25) is 0 Å². The van der Waals surface area contributed by atoms with Crippen molar-refractivity contribution >= 4 is 49.3 Å². The van der Waals surface area contributed by atoms with Crippen LogP contribution in [0.1, 0.15) is 11.1 Å². The molecule has 0 saturated heterocycles. The van der Waals surface area contributed by atoms with Crippen LogP contribution < -0.4 is 0 Å². The van der Waals surface area contributed by atoms with E-state index in [1.807, 2.05) is 78.9 Å². The first-order valence-corrected chi connectivity index (χ1v) is 16.3. The molecule has 0 fully saturated rings. The van der Waals surface area contributed by atoms with Crippen LogP contribution in [0.25, 0.3) is 82.1 Å². The maximum absolute atomic E-state index is 10.7. The maximum Gasteiger partial charge on any atom is 0.195 e. The van der Waals surface area contributed by atoms with E-state index < -0.39 is 0 Å². The highest BCUT2D eigenvalue weighted by molar-refractivity contribution is 6.11. The zero-order valence-electron chi connectivity index (χ0n) is 26.7. The van der Waals surface area contributed by atoms with Gasteiger partial charge in [0.2, 0.25) is 0 Å². The number of rotatable bonds is 4. The number of para-hydroxylation sites is 4.